The molecule has 4 nitrogen and oxygen atoms in total. The molecule has 1 aromatic rings. The average molecular weight is 276 g/mol. The van der Waals surface area contributed by atoms with Crippen LogP contribution in [0.25, 0.3) is 0 Å². The summed E-state index contributed by atoms with van der Waals surface area (Å²) < 4.78 is 0. The van der Waals surface area contributed by atoms with Crippen molar-refractivity contribution < 1.29 is 9.90 Å². The zero-order valence-electron chi connectivity index (χ0n) is 12.5. The Morgan fingerprint density at radius 1 is 1.40 bits per heavy atom. The van der Waals surface area contributed by atoms with Gasteiger partial charge in [0, 0.05) is 25.6 Å². The topological polar surface area (TPSA) is 66.6 Å². The van der Waals surface area contributed by atoms with Crippen LogP contribution in [0.5, 0.6) is 5.75 Å². The lowest BCUT2D eigenvalue weighted by Gasteiger charge is -2.32. The number of phenolic OH excluding ortho intramolecular Hbond substituents is 1. The van der Waals surface area contributed by atoms with Crippen molar-refractivity contribution >= 4 is 5.91 Å². The van der Waals surface area contributed by atoms with Crippen molar-refractivity contribution in [2.75, 3.05) is 6.54 Å². The fraction of sp³-hybridized carbons (Fsp3) is 0.562. The number of carbonyl (C=O) groups excluding carboxylic acids is 1. The SMILES string of the molecule is CC(C)(C)C(N)CC(=O)N1CCc2ccc(O)cc2C1. The van der Waals surface area contributed by atoms with Crippen molar-refractivity contribution in [3.05, 3.63) is 29.3 Å². The van der Waals surface area contributed by atoms with E-state index < -0.39 is 0 Å². The fourth-order valence-corrected chi connectivity index (χ4v) is 2.38. The second-order valence-corrected chi connectivity index (χ2v) is 6.69. The first-order chi connectivity index (χ1) is 9.27. The van der Waals surface area contributed by atoms with Gasteiger partial charge in [-0.3, -0.25) is 4.79 Å². The standard InChI is InChI=1S/C16H24N2O2/c1-16(2,3)14(17)9-15(20)18-7-6-11-4-5-13(19)8-12(11)10-18/h4-5,8,14,19H,6-7,9-10,17H2,1-3H3. The average Bonchev–Trinajstić information content (AvgIpc) is 2.36. The number of benzene rings is 1. The number of carbonyl (C=O) groups is 1. The molecule has 0 saturated heterocycles. The van der Waals surface area contributed by atoms with E-state index in [0.29, 0.717) is 13.0 Å². The highest BCUT2D eigenvalue weighted by atomic mass is 16.3. The highest BCUT2D eigenvalue weighted by Gasteiger charge is 2.27. The number of phenols is 1. The number of rotatable bonds is 2. The smallest absolute Gasteiger partial charge is 0.224 e. The molecule has 3 N–H and O–H groups in total. The van der Waals surface area contributed by atoms with Gasteiger partial charge in [-0.15, -0.1) is 0 Å². The van der Waals surface area contributed by atoms with Gasteiger partial charge in [0.2, 0.25) is 5.91 Å². The van der Waals surface area contributed by atoms with Gasteiger partial charge < -0.3 is 15.7 Å². The summed E-state index contributed by atoms with van der Waals surface area (Å²) >= 11 is 0. The van der Waals surface area contributed by atoms with Crippen LogP contribution < -0.4 is 5.73 Å². The zero-order chi connectivity index (χ0) is 14.9. The van der Waals surface area contributed by atoms with E-state index in [1.165, 1.54) is 5.56 Å². The molecule has 0 aromatic heterocycles. The molecule has 0 spiro atoms. The monoisotopic (exact) mass is 276 g/mol. The molecule has 1 amide bonds. The maximum absolute atomic E-state index is 12.3. The molecule has 0 saturated carbocycles. The van der Waals surface area contributed by atoms with Gasteiger partial charge in [-0.1, -0.05) is 26.8 Å². The van der Waals surface area contributed by atoms with E-state index in [0.717, 1.165) is 18.5 Å². The van der Waals surface area contributed by atoms with E-state index >= 15 is 0 Å². The lowest BCUT2D eigenvalue weighted by atomic mass is 9.85. The molecule has 110 valence electrons. The number of amides is 1. The van der Waals surface area contributed by atoms with Gasteiger partial charge in [0.15, 0.2) is 0 Å². The van der Waals surface area contributed by atoms with Gasteiger partial charge in [0.25, 0.3) is 0 Å². The molecule has 4 heteroatoms. The van der Waals surface area contributed by atoms with Crippen molar-refractivity contribution in [1.82, 2.24) is 4.90 Å². The zero-order valence-corrected chi connectivity index (χ0v) is 12.5. The van der Waals surface area contributed by atoms with Crippen molar-refractivity contribution in [2.45, 2.75) is 46.2 Å². The predicted molar refractivity (Wildman–Crippen MR) is 79.3 cm³/mol. The Hall–Kier alpha value is -1.55. The Balaban J connectivity index is 2.03. The Labute approximate surface area is 120 Å². The first-order valence-corrected chi connectivity index (χ1v) is 7.11. The van der Waals surface area contributed by atoms with Crippen LogP contribution in [0.1, 0.15) is 38.3 Å². The quantitative estimate of drug-likeness (QED) is 0.868. The lowest BCUT2D eigenvalue weighted by molar-refractivity contribution is -0.133. The molecule has 0 aliphatic carbocycles. The molecule has 1 aliphatic heterocycles. The molecule has 0 radical (unpaired) electrons. The van der Waals surface area contributed by atoms with Crippen LogP contribution in [0.2, 0.25) is 0 Å². The van der Waals surface area contributed by atoms with E-state index in [2.05, 4.69) is 20.8 Å². The third kappa shape index (κ3) is 3.31. The van der Waals surface area contributed by atoms with Gasteiger partial charge in [-0.05, 0) is 35.1 Å². The van der Waals surface area contributed by atoms with Gasteiger partial charge in [0.05, 0.1) is 0 Å². The first-order valence-electron chi connectivity index (χ1n) is 7.11. The molecule has 2 rings (SSSR count). The van der Waals surface area contributed by atoms with Crippen LogP contribution in [0, 0.1) is 5.41 Å². The van der Waals surface area contributed by atoms with Crippen molar-refractivity contribution in [2.24, 2.45) is 11.1 Å². The summed E-state index contributed by atoms with van der Waals surface area (Å²) in [5.74, 6) is 0.353. The fourth-order valence-electron chi connectivity index (χ4n) is 2.38. The van der Waals surface area contributed by atoms with E-state index in [-0.39, 0.29) is 23.1 Å². The Morgan fingerprint density at radius 3 is 2.75 bits per heavy atom. The van der Waals surface area contributed by atoms with Crippen molar-refractivity contribution in [3.63, 3.8) is 0 Å². The highest BCUT2D eigenvalue weighted by molar-refractivity contribution is 5.77. The first kappa shape index (κ1) is 14.9. The number of fused-ring (bicyclic) bond motifs is 1. The summed E-state index contributed by atoms with van der Waals surface area (Å²) in [5.41, 5.74) is 8.27. The Morgan fingerprint density at radius 2 is 2.10 bits per heavy atom. The minimum Gasteiger partial charge on any atom is -0.508 e. The second kappa shape index (κ2) is 5.44. The lowest BCUT2D eigenvalue weighted by Crippen LogP contribution is -2.43. The Bertz CT molecular complexity index is 506. The summed E-state index contributed by atoms with van der Waals surface area (Å²) in [4.78, 5) is 14.2. The molecule has 0 fully saturated rings. The van der Waals surface area contributed by atoms with Crippen LogP contribution in [0.3, 0.4) is 0 Å². The summed E-state index contributed by atoms with van der Waals surface area (Å²) in [6.45, 7) is 7.45. The van der Waals surface area contributed by atoms with E-state index in [1.54, 1.807) is 12.1 Å². The van der Waals surface area contributed by atoms with E-state index in [1.807, 2.05) is 11.0 Å². The summed E-state index contributed by atoms with van der Waals surface area (Å²) in [6.07, 6.45) is 1.21. The molecule has 0 bridgehead atoms. The molecular weight excluding hydrogens is 252 g/mol. The van der Waals surface area contributed by atoms with Crippen LogP contribution >= 0.6 is 0 Å². The van der Waals surface area contributed by atoms with Crippen LogP contribution in [0.4, 0.5) is 0 Å². The number of nitrogens with two attached hydrogens (primary N) is 1. The third-order valence-electron chi connectivity index (χ3n) is 4.06. The third-order valence-corrected chi connectivity index (χ3v) is 4.06. The minimum atomic E-state index is -0.138. The van der Waals surface area contributed by atoms with Gasteiger partial charge in [0.1, 0.15) is 5.75 Å². The summed E-state index contributed by atoms with van der Waals surface area (Å²) in [5, 5.41) is 9.54. The number of hydrogen-bond acceptors (Lipinski definition) is 3. The minimum absolute atomic E-state index is 0.0678. The van der Waals surface area contributed by atoms with E-state index in [4.69, 9.17) is 5.73 Å². The molecular formula is C16H24N2O2. The maximum Gasteiger partial charge on any atom is 0.224 e. The normalized spacial score (nSPS) is 16.7. The number of aromatic hydroxyl groups is 1. The van der Waals surface area contributed by atoms with Crippen molar-refractivity contribution in [1.29, 1.82) is 0 Å². The van der Waals surface area contributed by atoms with Gasteiger partial charge >= 0.3 is 0 Å². The largest absolute Gasteiger partial charge is 0.508 e. The van der Waals surface area contributed by atoms with Crippen molar-refractivity contribution in [3.8, 4) is 5.75 Å². The molecule has 20 heavy (non-hydrogen) atoms. The van der Waals surface area contributed by atoms with Crippen LogP contribution in [-0.2, 0) is 17.8 Å². The number of hydrogen-bond donors (Lipinski definition) is 2. The molecule has 1 aliphatic rings. The summed E-state index contributed by atoms with van der Waals surface area (Å²) in [7, 11) is 0. The van der Waals surface area contributed by atoms with E-state index in [9.17, 15) is 9.90 Å². The second-order valence-electron chi connectivity index (χ2n) is 6.69. The van der Waals surface area contributed by atoms with Crippen LogP contribution in [-0.4, -0.2) is 28.5 Å². The maximum atomic E-state index is 12.3. The Kier molecular flexibility index (Phi) is 4.04. The van der Waals surface area contributed by atoms with Gasteiger partial charge in [-0.2, -0.15) is 0 Å². The number of nitrogens with zero attached hydrogens (tertiary/aromatic N) is 1. The summed E-state index contributed by atoms with van der Waals surface area (Å²) in [6, 6.07) is 5.25. The van der Waals surface area contributed by atoms with Gasteiger partial charge in [-0.25, -0.2) is 0 Å². The molecule has 1 unspecified atom stereocenters. The molecule has 1 aromatic carbocycles. The van der Waals surface area contributed by atoms with Crippen LogP contribution in [0.15, 0.2) is 18.2 Å². The molecule has 1 atom stereocenters. The molecule has 1 heterocycles. The highest BCUT2D eigenvalue weighted by Crippen LogP contribution is 2.25. The predicted octanol–water partition coefficient (Wildman–Crippen LogP) is 2.04.